The summed E-state index contributed by atoms with van der Waals surface area (Å²) in [4.78, 5) is 0. The van der Waals surface area contributed by atoms with Crippen molar-refractivity contribution in [2.45, 2.75) is 32.4 Å². The highest BCUT2D eigenvalue weighted by molar-refractivity contribution is 5.36. The van der Waals surface area contributed by atoms with E-state index in [0.29, 0.717) is 5.56 Å². The van der Waals surface area contributed by atoms with E-state index >= 15 is 0 Å². The summed E-state index contributed by atoms with van der Waals surface area (Å²) in [6.07, 6.45) is 0.902. The first-order valence-electron chi connectivity index (χ1n) is 7.30. The van der Waals surface area contributed by atoms with Crippen LogP contribution in [0.1, 0.15) is 43.5 Å². The van der Waals surface area contributed by atoms with Crippen molar-refractivity contribution in [3.05, 3.63) is 65.5 Å². The van der Waals surface area contributed by atoms with E-state index in [1.54, 1.807) is 13.2 Å². The van der Waals surface area contributed by atoms with Gasteiger partial charge in [0.1, 0.15) is 11.6 Å². The summed E-state index contributed by atoms with van der Waals surface area (Å²) in [5, 5.41) is 3.49. The van der Waals surface area contributed by atoms with Crippen molar-refractivity contribution in [3.63, 3.8) is 0 Å². The summed E-state index contributed by atoms with van der Waals surface area (Å²) in [5.41, 5.74) is 1.79. The Morgan fingerprint density at radius 1 is 1.05 bits per heavy atom. The number of benzene rings is 2. The Balaban J connectivity index is 2.21. The molecule has 0 aromatic heterocycles. The van der Waals surface area contributed by atoms with Gasteiger partial charge in [0.2, 0.25) is 0 Å². The van der Waals surface area contributed by atoms with Crippen LogP contribution in [0.15, 0.2) is 48.5 Å². The summed E-state index contributed by atoms with van der Waals surface area (Å²) >= 11 is 0. The zero-order valence-electron chi connectivity index (χ0n) is 12.8. The summed E-state index contributed by atoms with van der Waals surface area (Å²) in [6.45, 7) is 4.09. The molecule has 2 atom stereocenters. The predicted octanol–water partition coefficient (Wildman–Crippen LogP) is 4.64. The number of halogens is 1. The molecule has 0 aliphatic rings. The molecule has 0 radical (unpaired) electrons. The summed E-state index contributed by atoms with van der Waals surface area (Å²) in [5.74, 6) is 0.685. The Morgan fingerprint density at radius 3 is 2.29 bits per heavy atom. The second kappa shape index (κ2) is 7.23. The zero-order valence-corrected chi connectivity index (χ0v) is 12.8. The SMILES string of the molecule is CCC(N[C@H](C)c1ccccc1F)c1ccccc1OC. The molecule has 0 bridgehead atoms. The van der Waals surface area contributed by atoms with Crippen molar-refractivity contribution in [2.24, 2.45) is 0 Å². The lowest BCUT2D eigenvalue weighted by atomic mass is 10.00. The van der Waals surface area contributed by atoms with Crippen molar-refractivity contribution in [1.29, 1.82) is 0 Å². The second-order valence-electron chi connectivity index (χ2n) is 5.11. The van der Waals surface area contributed by atoms with Crippen LogP contribution in [0.25, 0.3) is 0 Å². The smallest absolute Gasteiger partial charge is 0.127 e. The third kappa shape index (κ3) is 3.61. The van der Waals surface area contributed by atoms with Crippen LogP contribution in [0.5, 0.6) is 5.75 Å². The molecular weight excluding hydrogens is 265 g/mol. The monoisotopic (exact) mass is 287 g/mol. The zero-order chi connectivity index (χ0) is 15.2. The molecule has 2 nitrogen and oxygen atoms in total. The molecule has 0 saturated heterocycles. The van der Waals surface area contributed by atoms with Gasteiger partial charge in [-0.25, -0.2) is 4.39 Å². The van der Waals surface area contributed by atoms with Gasteiger partial charge in [0.05, 0.1) is 7.11 Å². The normalized spacial score (nSPS) is 13.7. The van der Waals surface area contributed by atoms with Gasteiger partial charge in [0.25, 0.3) is 0 Å². The van der Waals surface area contributed by atoms with Crippen molar-refractivity contribution >= 4 is 0 Å². The van der Waals surface area contributed by atoms with Crippen LogP contribution in [-0.2, 0) is 0 Å². The lowest BCUT2D eigenvalue weighted by Gasteiger charge is -2.24. The van der Waals surface area contributed by atoms with E-state index in [0.717, 1.165) is 17.7 Å². The van der Waals surface area contributed by atoms with E-state index in [2.05, 4.69) is 12.2 Å². The van der Waals surface area contributed by atoms with E-state index < -0.39 is 0 Å². The van der Waals surface area contributed by atoms with E-state index in [1.165, 1.54) is 6.07 Å². The number of rotatable bonds is 6. The minimum Gasteiger partial charge on any atom is -0.496 e. The summed E-state index contributed by atoms with van der Waals surface area (Å²) in [7, 11) is 1.67. The van der Waals surface area contributed by atoms with Gasteiger partial charge in [0, 0.05) is 23.2 Å². The van der Waals surface area contributed by atoms with Crippen molar-refractivity contribution < 1.29 is 9.13 Å². The maximum absolute atomic E-state index is 13.9. The number of hydrogen-bond donors (Lipinski definition) is 1. The molecular formula is C18H22FNO. The average Bonchev–Trinajstić information content (AvgIpc) is 2.52. The van der Waals surface area contributed by atoms with Crippen LogP contribution in [-0.4, -0.2) is 7.11 Å². The molecule has 3 heteroatoms. The molecule has 0 saturated carbocycles. The first kappa shape index (κ1) is 15.5. The maximum atomic E-state index is 13.9. The van der Waals surface area contributed by atoms with Crippen molar-refractivity contribution in [3.8, 4) is 5.75 Å². The van der Waals surface area contributed by atoms with Crippen LogP contribution in [0.3, 0.4) is 0 Å². The van der Waals surface area contributed by atoms with Crippen LogP contribution in [0.4, 0.5) is 4.39 Å². The second-order valence-corrected chi connectivity index (χ2v) is 5.11. The number of hydrogen-bond acceptors (Lipinski definition) is 2. The molecule has 1 unspecified atom stereocenters. The molecule has 0 amide bonds. The molecule has 0 aliphatic heterocycles. The molecule has 0 spiro atoms. The van der Waals surface area contributed by atoms with Gasteiger partial charge in [-0.15, -0.1) is 0 Å². The van der Waals surface area contributed by atoms with Gasteiger partial charge >= 0.3 is 0 Å². The molecule has 1 N–H and O–H groups in total. The minimum absolute atomic E-state index is 0.0685. The van der Waals surface area contributed by atoms with Gasteiger partial charge in [-0.2, -0.15) is 0 Å². The molecule has 0 fully saturated rings. The molecule has 2 aromatic carbocycles. The molecule has 112 valence electrons. The third-order valence-corrected chi connectivity index (χ3v) is 3.75. The fraction of sp³-hybridized carbons (Fsp3) is 0.333. The molecule has 0 heterocycles. The van der Waals surface area contributed by atoms with Gasteiger partial charge in [-0.05, 0) is 25.5 Å². The van der Waals surface area contributed by atoms with Crippen LogP contribution >= 0.6 is 0 Å². The quantitative estimate of drug-likeness (QED) is 0.836. The number of methoxy groups -OCH3 is 1. The molecule has 2 rings (SSSR count). The maximum Gasteiger partial charge on any atom is 0.127 e. The summed E-state index contributed by atoms with van der Waals surface area (Å²) < 4.78 is 19.3. The van der Waals surface area contributed by atoms with Crippen molar-refractivity contribution in [2.75, 3.05) is 7.11 Å². The number of nitrogens with one attached hydrogen (secondary N) is 1. The minimum atomic E-state index is -0.174. The number of para-hydroxylation sites is 1. The molecule has 21 heavy (non-hydrogen) atoms. The highest BCUT2D eigenvalue weighted by Crippen LogP contribution is 2.29. The van der Waals surface area contributed by atoms with Crippen LogP contribution in [0, 0.1) is 5.82 Å². The largest absolute Gasteiger partial charge is 0.496 e. The van der Waals surface area contributed by atoms with Gasteiger partial charge in [-0.3, -0.25) is 0 Å². The van der Waals surface area contributed by atoms with Crippen molar-refractivity contribution in [1.82, 2.24) is 5.32 Å². The number of ether oxygens (including phenoxy) is 1. The molecule has 0 aliphatic carbocycles. The van der Waals surface area contributed by atoms with Crippen LogP contribution in [0.2, 0.25) is 0 Å². The highest BCUT2D eigenvalue weighted by Gasteiger charge is 2.18. The van der Waals surface area contributed by atoms with E-state index in [9.17, 15) is 4.39 Å². The van der Waals surface area contributed by atoms with Gasteiger partial charge < -0.3 is 10.1 Å². The topological polar surface area (TPSA) is 21.3 Å². The lowest BCUT2D eigenvalue weighted by molar-refractivity contribution is 0.386. The Kier molecular flexibility index (Phi) is 5.34. The van der Waals surface area contributed by atoms with Gasteiger partial charge in [-0.1, -0.05) is 43.3 Å². The fourth-order valence-electron chi connectivity index (χ4n) is 2.60. The van der Waals surface area contributed by atoms with Gasteiger partial charge in [0.15, 0.2) is 0 Å². The Morgan fingerprint density at radius 2 is 1.67 bits per heavy atom. The van der Waals surface area contributed by atoms with E-state index in [1.807, 2.05) is 43.3 Å². The first-order valence-corrected chi connectivity index (χ1v) is 7.30. The lowest BCUT2D eigenvalue weighted by Crippen LogP contribution is -2.25. The Labute approximate surface area is 126 Å². The fourth-order valence-corrected chi connectivity index (χ4v) is 2.60. The third-order valence-electron chi connectivity index (χ3n) is 3.75. The Hall–Kier alpha value is -1.87. The molecule has 2 aromatic rings. The summed E-state index contributed by atoms with van der Waals surface area (Å²) in [6, 6.07) is 14.9. The highest BCUT2D eigenvalue weighted by atomic mass is 19.1. The van der Waals surface area contributed by atoms with E-state index in [4.69, 9.17) is 4.74 Å². The Bertz CT molecular complexity index is 585. The van der Waals surface area contributed by atoms with Crippen LogP contribution < -0.4 is 10.1 Å². The first-order chi connectivity index (χ1) is 10.2. The van der Waals surface area contributed by atoms with E-state index in [-0.39, 0.29) is 17.9 Å². The predicted molar refractivity (Wildman–Crippen MR) is 84.0 cm³/mol. The average molecular weight is 287 g/mol. The standard InChI is InChI=1S/C18H22FNO/c1-4-17(15-10-6-8-12-18(15)21-3)20-13(2)14-9-5-7-11-16(14)19/h5-13,17,20H,4H2,1-3H3/t13-,17?/m1/s1.